The highest BCUT2D eigenvalue weighted by Crippen LogP contribution is 2.61. The second kappa shape index (κ2) is 10.5. The smallest absolute Gasteiger partial charge is 0.382 e. The number of hydrogen-bond donors (Lipinski definition) is 4. The summed E-state index contributed by atoms with van der Waals surface area (Å²) in [4.78, 5) is 35.8. The fraction of sp³-hybridized carbons (Fsp3) is 0.524. The molecule has 4 aliphatic rings. The van der Waals surface area contributed by atoms with Crippen LogP contribution in [0.15, 0.2) is 25.3 Å². The Balaban J connectivity index is 1.14. The fourth-order valence-corrected chi connectivity index (χ4v) is 8.80. The second-order valence-corrected chi connectivity index (χ2v) is 16.3. The Morgan fingerprint density at radius 2 is 1.60 bits per heavy atom. The van der Waals surface area contributed by atoms with Gasteiger partial charge in [0.15, 0.2) is 41.6 Å². The SMILES string of the molecule is Nc1ncnc2c1ncn2C1O[C@@]23CO[C@@H]1[C@@H]2OP(O)(=S)OC[C@H]1O[C@@H](n2cnc4c(N)ncnc42)[C@H](OP(=O)(S)OC3)[C@@H]1F. The van der Waals surface area contributed by atoms with E-state index in [2.05, 4.69) is 42.2 Å². The molecular weight excluding hydrogens is 681 g/mol. The van der Waals surface area contributed by atoms with Crippen molar-refractivity contribution in [3.8, 4) is 0 Å². The van der Waals surface area contributed by atoms with Gasteiger partial charge in [-0.3, -0.25) is 22.7 Å². The van der Waals surface area contributed by atoms with Crippen molar-refractivity contribution in [2.24, 2.45) is 0 Å². The zero-order valence-corrected chi connectivity index (χ0v) is 26.0. The first kappa shape index (κ1) is 29.9. The van der Waals surface area contributed by atoms with E-state index in [1.54, 1.807) is 4.57 Å². The van der Waals surface area contributed by atoms with Crippen LogP contribution in [-0.2, 0) is 48.7 Å². The average Bonchev–Trinajstić information content (AvgIpc) is 3.80. The first-order chi connectivity index (χ1) is 21.5. The maximum Gasteiger partial charge on any atom is 0.386 e. The van der Waals surface area contributed by atoms with Crippen LogP contribution in [0.2, 0.25) is 0 Å². The van der Waals surface area contributed by atoms with Gasteiger partial charge < -0.3 is 35.1 Å². The molecule has 19 nitrogen and oxygen atoms in total. The summed E-state index contributed by atoms with van der Waals surface area (Å²) in [6.07, 6.45) is -3.96. The number of fused-ring (bicyclic) bond motifs is 4. The molecule has 0 radical (unpaired) electrons. The summed E-state index contributed by atoms with van der Waals surface area (Å²) in [7, 11) is 0. The summed E-state index contributed by atoms with van der Waals surface area (Å²) in [6.45, 7) is -9.69. The molecule has 240 valence electrons. The Kier molecular flexibility index (Phi) is 7.00. The lowest BCUT2D eigenvalue weighted by Crippen LogP contribution is -2.45. The topological polar surface area (TPSA) is 241 Å². The first-order valence-electron chi connectivity index (χ1n) is 13.2. The predicted molar refractivity (Wildman–Crippen MR) is 156 cm³/mol. The molecule has 8 heterocycles. The van der Waals surface area contributed by atoms with Crippen molar-refractivity contribution in [1.82, 2.24) is 39.0 Å². The molecule has 4 aromatic rings. The Bertz CT molecular complexity index is 1920. The first-order valence-corrected chi connectivity index (χ1v) is 18.5. The molecule has 4 aromatic heterocycles. The largest absolute Gasteiger partial charge is 0.386 e. The molecule has 4 fully saturated rings. The standard InChI is InChI=1S/C21H23FN10O9P2S2/c22-9-8-1-36-42(33,44)41-14-13-20(32-7-30-11-16(24)26-5-28-18(11)32)39-21(14,2-35-13)3-37-43(34,45)40-12(9)19(38-8)31-6-29-10-15(23)25-4-27-17(10)31/h4-9,12-14,19-20H,1-3H2,(H,33,44)(H,34,45)(H2,23,25,27)(H2,24,26,28)/t8-,9-,12-,13-,14+,19-,20?,21-,42?,43?/m1/s1. The maximum atomic E-state index is 15.9. The molecule has 5 N–H and O–H groups in total. The van der Waals surface area contributed by atoms with E-state index in [-0.39, 0.29) is 29.4 Å². The molecule has 24 heteroatoms. The molecule has 0 spiro atoms. The number of ether oxygens (including phenoxy) is 3. The molecule has 8 rings (SSSR count). The molecule has 10 atom stereocenters. The van der Waals surface area contributed by atoms with Crippen molar-refractivity contribution < 1.29 is 46.2 Å². The summed E-state index contributed by atoms with van der Waals surface area (Å²) in [5, 5.41) is 0. The van der Waals surface area contributed by atoms with Crippen LogP contribution < -0.4 is 11.5 Å². The number of alkyl halides is 1. The van der Waals surface area contributed by atoms with Gasteiger partial charge in [-0.15, -0.1) is 0 Å². The van der Waals surface area contributed by atoms with Gasteiger partial charge in [0.25, 0.3) is 0 Å². The molecular formula is C21H23FN10O9P2S2. The fourth-order valence-electron chi connectivity index (χ4n) is 5.87. The zero-order chi connectivity index (χ0) is 31.3. The van der Waals surface area contributed by atoms with Gasteiger partial charge in [-0.2, -0.15) is 0 Å². The van der Waals surface area contributed by atoms with Gasteiger partial charge in [0.2, 0.25) is 0 Å². The van der Waals surface area contributed by atoms with Crippen molar-refractivity contribution in [1.29, 1.82) is 0 Å². The van der Waals surface area contributed by atoms with Crippen LogP contribution in [0.25, 0.3) is 22.3 Å². The molecule has 0 saturated carbocycles. The van der Waals surface area contributed by atoms with E-state index in [9.17, 15) is 9.46 Å². The lowest BCUT2D eigenvalue weighted by atomic mass is 10.0. The van der Waals surface area contributed by atoms with E-state index < -0.39 is 75.4 Å². The third kappa shape index (κ3) is 4.86. The molecule has 0 amide bonds. The number of nitrogen functional groups attached to an aromatic ring is 2. The Hall–Kier alpha value is -2.46. The van der Waals surface area contributed by atoms with E-state index in [1.807, 2.05) is 0 Å². The van der Waals surface area contributed by atoms with Crippen LogP contribution in [0, 0.1) is 0 Å². The molecule has 4 saturated heterocycles. The van der Waals surface area contributed by atoms with Crippen molar-refractivity contribution in [2.75, 3.05) is 31.3 Å². The van der Waals surface area contributed by atoms with E-state index in [0.29, 0.717) is 11.2 Å². The average molecular weight is 705 g/mol. The highest BCUT2D eigenvalue weighted by atomic mass is 32.7. The number of nitrogens with two attached hydrogens (primary N) is 2. The number of aromatic nitrogens is 8. The van der Waals surface area contributed by atoms with Gasteiger partial charge in [-0.05, 0) is 11.8 Å². The van der Waals surface area contributed by atoms with E-state index >= 15 is 4.39 Å². The van der Waals surface area contributed by atoms with E-state index in [4.69, 9.17) is 55.6 Å². The van der Waals surface area contributed by atoms with Gasteiger partial charge in [0, 0.05) is 0 Å². The van der Waals surface area contributed by atoms with Crippen LogP contribution in [0.4, 0.5) is 16.0 Å². The van der Waals surface area contributed by atoms with Crippen LogP contribution in [0.3, 0.4) is 0 Å². The van der Waals surface area contributed by atoms with Crippen LogP contribution in [0.1, 0.15) is 12.5 Å². The highest BCUT2D eigenvalue weighted by Gasteiger charge is 2.65. The van der Waals surface area contributed by atoms with Crippen LogP contribution in [-0.4, -0.2) is 99.9 Å². The van der Waals surface area contributed by atoms with Crippen molar-refractivity contribution in [3.63, 3.8) is 0 Å². The van der Waals surface area contributed by atoms with Crippen molar-refractivity contribution in [3.05, 3.63) is 25.3 Å². The molecule has 3 unspecified atom stereocenters. The van der Waals surface area contributed by atoms with Gasteiger partial charge >= 0.3 is 13.5 Å². The lowest BCUT2D eigenvalue weighted by Gasteiger charge is -2.33. The van der Waals surface area contributed by atoms with Gasteiger partial charge in [0.05, 0.1) is 32.5 Å². The molecule has 4 bridgehead atoms. The molecule has 4 aliphatic heterocycles. The number of anilines is 2. The minimum atomic E-state index is -4.37. The van der Waals surface area contributed by atoms with E-state index in [1.165, 1.54) is 29.9 Å². The minimum absolute atomic E-state index is 0.0785. The third-order valence-corrected chi connectivity index (χ3v) is 11.1. The van der Waals surface area contributed by atoms with Crippen molar-refractivity contribution >= 4 is 71.5 Å². The Morgan fingerprint density at radius 3 is 2.27 bits per heavy atom. The number of hydrogen-bond acceptors (Lipinski definition) is 17. The monoisotopic (exact) mass is 704 g/mol. The maximum absolute atomic E-state index is 15.9. The Morgan fingerprint density at radius 1 is 0.956 bits per heavy atom. The summed E-state index contributed by atoms with van der Waals surface area (Å²) in [5.41, 5.74) is 11.4. The van der Waals surface area contributed by atoms with Crippen LogP contribution in [0.5, 0.6) is 0 Å². The van der Waals surface area contributed by atoms with Crippen LogP contribution >= 0.6 is 25.8 Å². The predicted octanol–water partition coefficient (Wildman–Crippen LogP) is 0.804. The number of thiol groups is 1. The lowest BCUT2D eigenvalue weighted by molar-refractivity contribution is -0.182. The molecule has 0 aliphatic carbocycles. The van der Waals surface area contributed by atoms with Gasteiger partial charge in [0.1, 0.15) is 53.7 Å². The van der Waals surface area contributed by atoms with Gasteiger partial charge in [-0.1, -0.05) is 12.2 Å². The quantitative estimate of drug-likeness (QED) is 0.167. The Labute approximate surface area is 261 Å². The molecule has 0 aromatic carbocycles. The molecule has 45 heavy (non-hydrogen) atoms. The minimum Gasteiger partial charge on any atom is -0.382 e. The normalized spacial score (nSPS) is 40.3. The summed E-state index contributed by atoms with van der Waals surface area (Å²) in [5.74, 6) is 0.228. The number of halogens is 1. The van der Waals surface area contributed by atoms with Gasteiger partial charge in [-0.25, -0.2) is 38.9 Å². The number of imidazole rings is 2. The van der Waals surface area contributed by atoms with Crippen molar-refractivity contribution in [2.45, 2.75) is 48.6 Å². The summed E-state index contributed by atoms with van der Waals surface area (Å²) in [6, 6.07) is 0. The number of nitrogens with zero attached hydrogens (tertiary/aromatic N) is 8. The summed E-state index contributed by atoms with van der Waals surface area (Å²) >= 11 is 9.46. The summed E-state index contributed by atoms with van der Waals surface area (Å²) < 4.78 is 73.8. The number of rotatable bonds is 2. The highest BCUT2D eigenvalue weighted by molar-refractivity contribution is 8.44. The zero-order valence-electron chi connectivity index (χ0n) is 22.5. The third-order valence-electron chi connectivity index (χ3n) is 7.94. The second-order valence-electron chi connectivity index (χ2n) is 10.6. The van der Waals surface area contributed by atoms with E-state index in [0.717, 1.165) is 0 Å².